The number of H-pyrrole nitrogens is 1. The molecular weight excluding hydrogens is 342 g/mol. The number of benzene rings is 2. The van der Waals surface area contributed by atoms with E-state index in [4.69, 9.17) is 4.42 Å². The van der Waals surface area contributed by atoms with Crippen LogP contribution in [0.3, 0.4) is 0 Å². The number of hydrogen-bond acceptors (Lipinski definition) is 4. The van der Waals surface area contributed by atoms with E-state index >= 15 is 0 Å². The molecule has 0 aliphatic heterocycles. The van der Waals surface area contributed by atoms with Crippen LogP contribution in [0.4, 0.5) is 5.69 Å². The first-order valence-corrected chi connectivity index (χ1v) is 8.81. The van der Waals surface area contributed by atoms with Gasteiger partial charge >= 0.3 is 5.76 Å². The summed E-state index contributed by atoms with van der Waals surface area (Å²) in [5.41, 5.74) is 4.28. The molecule has 1 amide bonds. The molecule has 0 bridgehead atoms. The van der Waals surface area contributed by atoms with Crippen LogP contribution in [0, 0.1) is 0 Å². The molecule has 0 saturated carbocycles. The molecule has 3 aromatic rings. The number of aromatic amines is 1. The second kappa shape index (κ2) is 7.37. The maximum absolute atomic E-state index is 12.5. The van der Waals surface area contributed by atoms with Gasteiger partial charge in [0, 0.05) is 27.8 Å². The topological polar surface area (TPSA) is 87.1 Å². The quantitative estimate of drug-likeness (QED) is 0.622. The zero-order valence-electron chi connectivity index (χ0n) is 14.6. The van der Waals surface area contributed by atoms with Crippen molar-refractivity contribution in [3.63, 3.8) is 0 Å². The second-order valence-electron chi connectivity index (χ2n) is 6.37. The summed E-state index contributed by atoms with van der Waals surface area (Å²) >= 11 is 0. The number of nitrogens with one attached hydrogen (secondary N) is 3. The summed E-state index contributed by atoms with van der Waals surface area (Å²) in [7, 11) is 0. The highest BCUT2D eigenvalue weighted by Gasteiger charge is 2.10. The van der Waals surface area contributed by atoms with Crippen molar-refractivity contribution in [1.29, 1.82) is 0 Å². The fraction of sp³-hybridized carbons (Fsp3) is 0.143. The van der Waals surface area contributed by atoms with Crippen LogP contribution >= 0.6 is 0 Å². The first-order chi connectivity index (χ1) is 13.2. The third-order valence-corrected chi connectivity index (χ3v) is 4.36. The summed E-state index contributed by atoms with van der Waals surface area (Å²) in [6.45, 7) is 0.683. The molecule has 6 heteroatoms. The number of anilines is 1. The van der Waals surface area contributed by atoms with Crippen molar-refractivity contribution in [2.24, 2.45) is 0 Å². The second-order valence-corrected chi connectivity index (χ2v) is 6.37. The van der Waals surface area contributed by atoms with Gasteiger partial charge in [0.05, 0.1) is 5.52 Å². The average molecular weight is 367 g/mol. The molecule has 0 unspecified atom stereocenters. The Morgan fingerprint density at radius 3 is 2.96 bits per heavy atom. The molecule has 27 heavy (non-hydrogen) atoms. The lowest BCUT2D eigenvalue weighted by molar-refractivity contribution is 0.102. The summed E-state index contributed by atoms with van der Waals surface area (Å²) in [6.07, 6.45) is 8.57. The number of aromatic nitrogens is 1. The van der Waals surface area contributed by atoms with Crippen LogP contribution in [0.1, 0.15) is 33.0 Å². The van der Waals surface area contributed by atoms with E-state index in [9.17, 15) is 9.59 Å². The highest BCUT2D eigenvalue weighted by atomic mass is 16.4. The van der Waals surface area contributed by atoms with Crippen LogP contribution < -0.4 is 16.4 Å². The monoisotopic (exact) mass is 367 g/mol. The first-order valence-electron chi connectivity index (χ1n) is 8.81. The van der Waals surface area contributed by atoms with Gasteiger partial charge in [-0.2, -0.15) is 0 Å². The summed E-state index contributed by atoms with van der Waals surface area (Å²) in [5, 5.41) is 6.28. The summed E-state index contributed by atoms with van der Waals surface area (Å²) < 4.78 is 4.95. The Bertz CT molecular complexity index is 1120. The van der Waals surface area contributed by atoms with Gasteiger partial charge < -0.3 is 15.1 Å². The Morgan fingerprint density at radius 1 is 1.19 bits per heavy atom. The van der Waals surface area contributed by atoms with Gasteiger partial charge in [-0.1, -0.05) is 24.3 Å². The number of hydrogen-bond donors (Lipinski definition) is 3. The van der Waals surface area contributed by atoms with Gasteiger partial charge in [-0.15, -0.1) is 0 Å². The third kappa shape index (κ3) is 4.00. The molecular formula is C21H25N3O3. The molecule has 1 heterocycles. The molecule has 1 aliphatic rings. The van der Waals surface area contributed by atoms with E-state index in [-0.39, 0.29) is 10.2 Å². The molecule has 3 N–H and O–H groups in total. The van der Waals surface area contributed by atoms with Gasteiger partial charge in [-0.3, -0.25) is 9.78 Å². The Morgan fingerprint density at radius 2 is 2.11 bits per heavy atom. The molecule has 0 saturated heterocycles. The van der Waals surface area contributed by atoms with Gasteiger partial charge in [-0.25, -0.2) is 4.79 Å². The van der Waals surface area contributed by atoms with Crippen molar-refractivity contribution in [3.05, 3.63) is 88.1 Å². The van der Waals surface area contributed by atoms with Crippen molar-refractivity contribution >= 4 is 22.7 Å². The summed E-state index contributed by atoms with van der Waals surface area (Å²) in [6, 6.07) is 12.5. The van der Waals surface area contributed by atoms with Crippen molar-refractivity contribution < 1.29 is 13.5 Å². The zero-order valence-corrected chi connectivity index (χ0v) is 14.6. The Hall–Kier alpha value is -3.54. The lowest BCUT2D eigenvalue weighted by Gasteiger charge is -2.12. The van der Waals surface area contributed by atoms with Crippen LogP contribution in [0.2, 0.25) is 0 Å². The van der Waals surface area contributed by atoms with Gasteiger partial charge in [0.2, 0.25) is 0 Å². The van der Waals surface area contributed by atoms with E-state index in [2.05, 4.69) is 33.8 Å². The van der Waals surface area contributed by atoms with Gasteiger partial charge in [0.15, 0.2) is 5.58 Å². The smallest absolute Gasteiger partial charge is 0.408 e. The standard InChI is InChI=1S/C21H19N3O3.3H2/c25-20(15-9-10-19-18(12-15)24-21(26)27-19)23-17-8-4-5-14(11-17)13-22-16-6-2-1-3-7-16;;;/h2,4-12,22H,1,3,13H2,(H,23,25)(H,24,26);3*1H. The lowest BCUT2D eigenvalue weighted by atomic mass is 10.1. The van der Waals surface area contributed by atoms with Crippen molar-refractivity contribution in [1.82, 2.24) is 10.3 Å². The number of fused-ring (bicyclic) bond motifs is 1. The normalized spacial score (nSPS) is 13.4. The van der Waals surface area contributed by atoms with Crippen molar-refractivity contribution in [2.45, 2.75) is 19.4 Å². The predicted molar refractivity (Wildman–Crippen MR) is 111 cm³/mol. The van der Waals surface area contributed by atoms with E-state index in [0.717, 1.165) is 24.1 Å². The number of rotatable bonds is 5. The van der Waals surface area contributed by atoms with Crippen molar-refractivity contribution in [2.75, 3.05) is 5.32 Å². The van der Waals surface area contributed by atoms with Crippen molar-refractivity contribution in [3.8, 4) is 0 Å². The van der Waals surface area contributed by atoms with E-state index in [1.165, 1.54) is 0 Å². The molecule has 0 spiro atoms. The highest BCUT2D eigenvalue weighted by molar-refractivity contribution is 6.05. The molecule has 4 rings (SSSR count). The number of oxazole rings is 1. The molecule has 2 aromatic carbocycles. The van der Waals surface area contributed by atoms with Gasteiger partial charge in [-0.05, 0) is 54.8 Å². The number of allylic oxidation sites excluding steroid dienone is 3. The minimum atomic E-state index is -0.536. The van der Waals surface area contributed by atoms with E-state index in [0.29, 0.717) is 28.9 Å². The van der Waals surface area contributed by atoms with Gasteiger partial charge in [0.25, 0.3) is 5.91 Å². The molecule has 142 valence electrons. The fourth-order valence-electron chi connectivity index (χ4n) is 3.00. The zero-order chi connectivity index (χ0) is 18.6. The molecule has 6 nitrogen and oxygen atoms in total. The predicted octanol–water partition coefficient (Wildman–Crippen LogP) is 4.43. The Balaban J connectivity index is 0.00000150. The van der Waals surface area contributed by atoms with Crippen LogP contribution in [0.15, 0.2) is 75.6 Å². The average Bonchev–Trinajstić information content (AvgIpc) is 3.06. The lowest BCUT2D eigenvalue weighted by Crippen LogP contribution is -2.14. The SMILES string of the molecule is O=C(Nc1cccc(CNC2=CCCC=C2)c1)c1ccc2oc(=O)[nH]c2c1.[HH].[HH].[HH]. The molecule has 1 aromatic heterocycles. The van der Waals surface area contributed by atoms with Gasteiger partial charge in [0.1, 0.15) is 0 Å². The van der Waals surface area contributed by atoms with Crippen LogP contribution in [0.5, 0.6) is 0 Å². The third-order valence-electron chi connectivity index (χ3n) is 4.36. The van der Waals surface area contributed by atoms with E-state index < -0.39 is 5.76 Å². The molecule has 1 aliphatic carbocycles. The number of carbonyl (C=O) groups is 1. The highest BCUT2D eigenvalue weighted by Crippen LogP contribution is 2.16. The minimum Gasteiger partial charge on any atom is -0.408 e. The fourth-order valence-corrected chi connectivity index (χ4v) is 3.00. The summed E-state index contributed by atoms with van der Waals surface area (Å²) in [4.78, 5) is 26.3. The first kappa shape index (κ1) is 16.9. The molecule has 0 fully saturated rings. The Kier molecular flexibility index (Phi) is 4.61. The maximum atomic E-state index is 12.5. The largest absolute Gasteiger partial charge is 0.417 e. The number of amides is 1. The van der Waals surface area contributed by atoms with Crippen LogP contribution in [-0.4, -0.2) is 10.9 Å². The maximum Gasteiger partial charge on any atom is 0.417 e. The summed E-state index contributed by atoms with van der Waals surface area (Å²) in [5.74, 6) is -0.785. The van der Waals surface area contributed by atoms with Crippen LogP contribution in [0.25, 0.3) is 11.1 Å². The Labute approximate surface area is 160 Å². The van der Waals surface area contributed by atoms with E-state index in [1.807, 2.05) is 24.3 Å². The van der Waals surface area contributed by atoms with Crippen LogP contribution in [-0.2, 0) is 6.54 Å². The van der Waals surface area contributed by atoms with E-state index in [1.54, 1.807) is 18.2 Å². The molecule has 0 radical (unpaired) electrons. The minimum absolute atomic E-state index is 0. The number of carbonyl (C=O) groups excluding carboxylic acids is 1. The molecule has 0 atom stereocenters.